The lowest BCUT2D eigenvalue weighted by Crippen LogP contribution is -2.25. The van der Waals surface area contributed by atoms with E-state index in [1.807, 2.05) is 31.1 Å². The number of amides is 1. The second-order valence-electron chi connectivity index (χ2n) is 4.96. The molecule has 0 aliphatic rings. The van der Waals surface area contributed by atoms with E-state index < -0.39 is 0 Å². The van der Waals surface area contributed by atoms with Crippen LogP contribution in [0.25, 0.3) is 0 Å². The van der Waals surface area contributed by atoms with Crippen LogP contribution in [-0.2, 0) is 17.8 Å². The molecule has 1 N–H and O–H groups in total. The van der Waals surface area contributed by atoms with E-state index in [0.29, 0.717) is 12.1 Å². The number of nitrogens with zero attached hydrogens (tertiary/aromatic N) is 2. The van der Waals surface area contributed by atoms with Crippen LogP contribution in [0.3, 0.4) is 0 Å². The minimum Gasteiger partial charge on any atom is -0.363 e. The highest BCUT2D eigenvalue weighted by Crippen LogP contribution is 2.10. The molecule has 0 spiro atoms. The van der Waals surface area contributed by atoms with Crippen molar-refractivity contribution in [3.05, 3.63) is 59.5 Å². The maximum absolute atomic E-state index is 13.5. The fourth-order valence-electron chi connectivity index (χ4n) is 1.89. The van der Waals surface area contributed by atoms with Crippen LogP contribution in [0.1, 0.15) is 11.1 Å². The van der Waals surface area contributed by atoms with Gasteiger partial charge in [-0.1, -0.05) is 18.2 Å². The minimum absolute atomic E-state index is 0.0400. The lowest BCUT2D eigenvalue weighted by Gasteiger charge is -2.12. The Bertz CT molecular complexity index is 628. The average Bonchev–Trinajstić information content (AvgIpc) is 2.48. The predicted octanol–water partition coefficient (Wildman–Crippen LogP) is 2.15. The van der Waals surface area contributed by atoms with E-state index in [1.54, 1.807) is 24.4 Å². The molecule has 2 aromatic rings. The van der Waals surface area contributed by atoms with Crippen LogP contribution in [0, 0.1) is 5.82 Å². The number of nitrogens with one attached hydrogen (secondary N) is 1. The molecular weight excluding hydrogens is 269 g/mol. The number of anilines is 1. The third-order valence-corrected chi connectivity index (χ3v) is 3.07. The molecule has 1 heterocycles. The van der Waals surface area contributed by atoms with Crippen LogP contribution in [-0.4, -0.2) is 25.0 Å². The Balaban J connectivity index is 1.92. The Morgan fingerprint density at radius 3 is 2.76 bits per heavy atom. The number of hydrogen-bond donors (Lipinski definition) is 1. The van der Waals surface area contributed by atoms with Gasteiger partial charge in [-0.25, -0.2) is 9.37 Å². The SMILES string of the molecule is CN(C)c1cc(CNC(=O)Cc2ccccc2F)ccn1. The van der Waals surface area contributed by atoms with E-state index >= 15 is 0 Å². The standard InChI is InChI=1S/C16H18FN3O/c1-20(2)15-9-12(7-8-18-15)11-19-16(21)10-13-5-3-4-6-14(13)17/h3-9H,10-11H2,1-2H3,(H,19,21). The second kappa shape index (κ2) is 6.83. The molecule has 1 aromatic heterocycles. The first-order valence-electron chi connectivity index (χ1n) is 6.68. The molecule has 0 saturated carbocycles. The molecule has 0 unspecified atom stereocenters. The van der Waals surface area contributed by atoms with Crippen LogP contribution in [0.4, 0.5) is 10.2 Å². The molecule has 110 valence electrons. The van der Waals surface area contributed by atoms with Crippen molar-refractivity contribution in [2.75, 3.05) is 19.0 Å². The highest BCUT2D eigenvalue weighted by atomic mass is 19.1. The van der Waals surface area contributed by atoms with Gasteiger partial charge in [0.25, 0.3) is 0 Å². The molecule has 0 saturated heterocycles. The smallest absolute Gasteiger partial charge is 0.224 e. The van der Waals surface area contributed by atoms with Crippen LogP contribution < -0.4 is 10.2 Å². The van der Waals surface area contributed by atoms with Gasteiger partial charge < -0.3 is 10.2 Å². The van der Waals surface area contributed by atoms with Gasteiger partial charge in [-0.15, -0.1) is 0 Å². The average molecular weight is 287 g/mol. The zero-order valence-electron chi connectivity index (χ0n) is 12.1. The number of carbonyl (C=O) groups is 1. The summed E-state index contributed by atoms with van der Waals surface area (Å²) in [4.78, 5) is 18.0. The molecule has 1 aromatic carbocycles. The number of pyridine rings is 1. The Morgan fingerprint density at radius 2 is 2.05 bits per heavy atom. The molecule has 5 heteroatoms. The number of hydrogen-bond acceptors (Lipinski definition) is 3. The van der Waals surface area contributed by atoms with Crippen LogP contribution in [0.5, 0.6) is 0 Å². The molecule has 0 aliphatic carbocycles. The first-order valence-corrected chi connectivity index (χ1v) is 6.68. The van der Waals surface area contributed by atoms with Crippen LogP contribution >= 0.6 is 0 Å². The van der Waals surface area contributed by atoms with Gasteiger partial charge in [0.05, 0.1) is 6.42 Å². The summed E-state index contributed by atoms with van der Waals surface area (Å²) in [7, 11) is 3.81. The summed E-state index contributed by atoms with van der Waals surface area (Å²) < 4.78 is 13.5. The Labute approximate surface area is 123 Å². The highest BCUT2D eigenvalue weighted by Gasteiger charge is 2.07. The summed E-state index contributed by atoms with van der Waals surface area (Å²) in [5, 5.41) is 2.79. The number of halogens is 1. The largest absolute Gasteiger partial charge is 0.363 e. The van der Waals surface area contributed by atoms with Crippen molar-refractivity contribution < 1.29 is 9.18 Å². The third kappa shape index (κ3) is 4.27. The van der Waals surface area contributed by atoms with Crippen molar-refractivity contribution in [3.8, 4) is 0 Å². The normalized spacial score (nSPS) is 10.2. The molecule has 0 atom stereocenters. The first kappa shape index (κ1) is 15.0. The predicted molar refractivity (Wildman–Crippen MR) is 80.5 cm³/mol. The summed E-state index contributed by atoms with van der Waals surface area (Å²) in [6.45, 7) is 0.399. The number of carbonyl (C=O) groups excluding carboxylic acids is 1. The van der Waals surface area contributed by atoms with Gasteiger partial charge in [-0.05, 0) is 29.3 Å². The summed E-state index contributed by atoms with van der Waals surface area (Å²) in [6.07, 6.45) is 1.74. The van der Waals surface area contributed by atoms with E-state index in [2.05, 4.69) is 10.3 Å². The second-order valence-corrected chi connectivity index (χ2v) is 4.96. The molecule has 0 fully saturated rings. The summed E-state index contributed by atoms with van der Waals surface area (Å²) in [5.74, 6) is 0.269. The molecule has 21 heavy (non-hydrogen) atoms. The maximum Gasteiger partial charge on any atom is 0.224 e. The lowest BCUT2D eigenvalue weighted by atomic mass is 10.1. The third-order valence-electron chi connectivity index (χ3n) is 3.07. The Morgan fingerprint density at radius 1 is 1.29 bits per heavy atom. The number of rotatable bonds is 5. The van der Waals surface area contributed by atoms with Crippen LogP contribution in [0.2, 0.25) is 0 Å². The Hall–Kier alpha value is -2.43. The number of benzene rings is 1. The molecular formula is C16H18FN3O. The van der Waals surface area contributed by atoms with Gasteiger partial charge >= 0.3 is 0 Å². The summed E-state index contributed by atoms with van der Waals surface area (Å²) in [5.41, 5.74) is 1.36. The van der Waals surface area contributed by atoms with Gasteiger partial charge in [0.1, 0.15) is 11.6 Å². The van der Waals surface area contributed by atoms with Crippen molar-refractivity contribution >= 4 is 11.7 Å². The molecule has 4 nitrogen and oxygen atoms in total. The van der Waals surface area contributed by atoms with Crippen molar-refractivity contribution in [1.82, 2.24) is 10.3 Å². The molecule has 1 amide bonds. The maximum atomic E-state index is 13.5. The van der Waals surface area contributed by atoms with Crippen LogP contribution in [0.15, 0.2) is 42.6 Å². The van der Waals surface area contributed by atoms with Crippen molar-refractivity contribution in [2.24, 2.45) is 0 Å². The minimum atomic E-state index is -0.355. The first-order chi connectivity index (χ1) is 10.1. The van der Waals surface area contributed by atoms with E-state index in [9.17, 15) is 9.18 Å². The molecule has 0 radical (unpaired) electrons. The van der Waals surface area contributed by atoms with Gasteiger partial charge in [-0.3, -0.25) is 4.79 Å². The summed E-state index contributed by atoms with van der Waals surface area (Å²) in [6, 6.07) is 10.1. The van der Waals surface area contributed by atoms with E-state index in [4.69, 9.17) is 0 Å². The fraction of sp³-hybridized carbons (Fsp3) is 0.250. The monoisotopic (exact) mass is 287 g/mol. The topological polar surface area (TPSA) is 45.2 Å². The van der Waals surface area contributed by atoms with E-state index in [1.165, 1.54) is 6.07 Å². The highest BCUT2D eigenvalue weighted by molar-refractivity contribution is 5.78. The van der Waals surface area contributed by atoms with Gasteiger partial charge in [0.15, 0.2) is 0 Å². The van der Waals surface area contributed by atoms with Crippen molar-refractivity contribution in [3.63, 3.8) is 0 Å². The fourth-order valence-corrected chi connectivity index (χ4v) is 1.89. The van der Waals surface area contributed by atoms with E-state index in [0.717, 1.165) is 11.4 Å². The van der Waals surface area contributed by atoms with Crippen molar-refractivity contribution in [1.29, 1.82) is 0 Å². The summed E-state index contributed by atoms with van der Waals surface area (Å²) >= 11 is 0. The van der Waals surface area contributed by atoms with E-state index in [-0.39, 0.29) is 18.1 Å². The van der Waals surface area contributed by atoms with Gasteiger partial charge in [0.2, 0.25) is 5.91 Å². The number of aromatic nitrogens is 1. The quantitative estimate of drug-likeness (QED) is 0.916. The zero-order chi connectivity index (χ0) is 15.2. The Kier molecular flexibility index (Phi) is 4.87. The van der Waals surface area contributed by atoms with Crippen molar-refractivity contribution in [2.45, 2.75) is 13.0 Å². The zero-order valence-corrected chi connectivity index (χ0v) is 12.1. The lowest BCUT2D eigenvalue weighted by molar-refractivity contribution is -0.120. The molecule has 0 bridgehead atoms. The van der Waals surface area contributed by atoms with Gasteiger partial charge in [-0.2, -0.15) is 0 Å². The molecule has 0 aliphatic heterocycles. The van der Waals surface area contributed by atoms with Gasteiger partial charge in [0, 0.05) is 26.8 Å². The molecule has 2 rings (SSSR count).